The largest absolute Gasteiger partial charge is 0.446 e. The fraction of sp³-hybridized carbons (Fsp3) is 0.632. The number of thioether (sulfide) groups is 1. The number of hydrogen-bond acceptors (Lipinski definition) is 6. The Morgan fingerprint density at radius 1 is 1.48 bits per heavy atom. The van der Waals surface area contributed by atoms with E-state index in [1.165, 1.54) is 11.8 Å². The van der Waals surface area contributed by atoms with E-state index in [-0.39, 0.29) is 17.6 Å². The second kappa shape index (κ2) is 11.1. The van der Waals surface area contributed by atoms with Gasteiger partial charge in [0.05, 0.1) is 24.6 Å². The molecule has 1 atom stereocenters. The molecule has 2 aliphatic rings. The predicted octanol–water partition coefficient (Wildman–Crippen LogP) is 3.67. The van der Waals surface area contributed by atoms with Crippen LogP contribution in [-0.4, -0.2) is 53.1 Å². The van der Waals surface area contributed by atoms with Crippen molar-refractivity contribution in [3.05, 3.63) is 24.0 Å². The van der Waals surface area contributed by atoms with Crippen molar-refractivity contribution < 1.29 is 14.3 Å². The Bertz CT molecular complexity index is 624. The summed E-state index contributed by atoms with van der Waals surface area (Å²) in [5.41, 5.74) is 7.64. The average molecular weight is 395 g/mol. The lowest BCUT2D eigenvalue weighted by molar-refractivity contribution is -0.00621. The number of amides is 1. The van der Waals surface area contributed by atoms with Gasteiger partial charge in [0.25, 0.3) is 0 Å². The van der Waals surface area contributed by atoms with E-state index in [9.17, 15) is 4.79 Å². The first-order valence-corrected chi connectivity index (χ1v) is 10.4. The van der Waals surface area contributed by atoms with Crippen molar-refractivity contribution in [1.29, 1.82) is 0 Å². The van der Waals surface area contributed by atoms with Crippen LogP contribution in [0.4, 0.5) is 4.79 Å². The third-order valence-electron chi connectivity index (χ3n) is 4.26. The number of rotatable bonds is 5. The van der Waals surface area contributed by atoms with Gasteiger partial charge in [-0.05, 0) is 20.3 Å². The van der Waals surface area contributed by atoms with Crippen molar-refractivity contribution in [3.8, 4) is 0 Å². The van der Waals surface area contributed by atoms with Gasteiger partial charge in [-0.2, -0.15) is 0 Å². The Morgan fingerprint density at radius 3 is 2.89 bits per heavy atom. The number of ether oxygens (including phenoxy) is 2. The van der Waals surface area contributed by atoms with Gasteiger partial charge >= 0.3 is 6.09 Å². The highest BCUT2D eigenvalue weighted by atomic mass is 32.2. The average Bonchev–Trinajstić information content (AvgIpc) is 3.05. The van der Waals surface area contributed by atoms with E-state index in [0.717, 1.165) is 30.7 Å². The van der Waals surface area contributed by atoms with E-state index in [0.29, 0.717) is 31.3 Å². The lowest BCUT2D eigenvalue weighted by atomic mass is 10.2. The van der Waals surface area contributed by atoms with Crippen LogP contribution in [0.25, 0.3) is 0 Å². The molecule has 0 aliphatic carbocycles. The number of amidine groups is 1. The maximum absolute atomic E-state index is 12.6. The molecule has 8 heteroatoms. The molecular weight excluding hydrogens is 364 g/mol. The topological polar surface area (TPSA) is 89.5 Å². The zero-order chi connectivity index (χ0) is 19.6. The highest BCUT2D eigenvalue weighted by Gasteiger charge is 2.31. The van der Waals surface area contributed by atoms with Crippen LogP contribution in [-0.2, 0) is 9.47 Å². The summed E-state index contributed by atoms with van der Waals surface area (Å²) in [5, 5.41) is 0.396. The molecule has 0 spiro atoms. The predicted molar refractivity (Wildman–Crippen MR) is 111 cm³/mol. The van der Waals surface area contributed by atoms with Crippen LogP contribution in [0.3, 0.4) is 0 Å². The van der Waals surface area contributed by atoms with E-state index in [4.69, 9.17) is 20.2 Å². The van der Waals surface area contributed by atoms with Crippen molar-refractivity contribution >= 4 is 28.7 Å². The molecule has 0 saturated carbocycles. The number of carbonyl (C=O) groups excluding carboxylic acids is 1. The van der Waals surface area contributed by atoms with E-state index < -0.39 is 0 Å². The molecule has 2 fully saturated rings. The molecule has 150 valence electrons. The van der Waals surface area contributed by atoms with Crippen LogP contribution in [0.5, 0.6) is 0 Å². The highest BCUT2D eigenvalue weighted by molar-refractivity contribution is 8.14. The van der Waals surface area contributed by atoms with Gasteiger partial charge in [0.1, 0.15) is 11.5 Å². The molecule has 2 saturated heterocycles. The van der Waals surface area contributed by atoms with Crippen LogP contribution in [0.2, 0.25) is 0 Å². The number of allylic oxidation sites excluding steroid dienone is 3. The molecule has 2 rings (SSSR count). The summed E-state index contributed by atoms with van der Waals surface area (Å²) >= 11 is 1.40. The second-order valence-corrected chi connectivity index (χ2v) is 7.66. The summed E-state index contributed by atoms with van der Waals surface area (Å²) in [7, 11) is 0. The summed E-state index contributed by atoms with van der Waals surface area (Å²) in [4.78, 5) is 23.1. The van der Waals surface area contributed by atoms with Crippen molar-refractivity contribution in [2.75, 3.05) is 19.8 Å². The third kappa shape index (κ3) is 6.70. The van der Waals surface area contributed by atoms with Gasteiger partial charge in [0.2, 0.25) is 0 Å². The number of nitrogens with zero attached hydrogens (tertiary/aromatic N) is 3. The van der Waals surface area contributed by atoms with Crippen molar-refractivity contribution in [2.24, 2.45) is 15.7 Å². The van der Waals surface area contributed by atoms with Gasteiger partial charge in [-0.15, -0.1) is 0 Å². The fourth-order valence-electron chi connectivity index (χ4n) is 2.95. The summed E-state index contributed by atoms with van der Waals surface area (Å²) < 4.78 is 10.9. The molecule has 0 radical (unpaired) electrons. The maximum Gasteiger partial charge on any atom is 0.414 e. The Kier molecular flexibility index (Phi) is 8.87. The van der Waals surface area contributed by atoms with Crippen LogP contribution in [0, 0.1) is 0 Å². The minimum atomic E-state index is -0.300. The zero-order valence-electron chi connectivity index (χ0n) is 16.4. The molecule has 0 aromatic rings. The van der Waals surface area contributed by atoms with Gasteiger partial charge in [-0.1, -0.05) is 30.8 Å². The summed E-state index contributed by atoms with van der Waals surface area (Å²) in [5.74, 6) is 0. The van der Waals surface area contributed by atoms with E-state index >= 15 is 0 Å². The highest BCUT2D eigenvalue weighted by Crippen LogP contribution is 2.24. The Balaban J connectivity index is 1.96. The number of carbonyl (C=O) groups is 1. The first-order valence-electron chi connectivity index (χ1n) is 9.49. The van der Waals surface area contributed by atoms with Gasteiger partial charge in [0, 0.05) is 32.0 Å². The normalized spacial score (nSPS) is 23.5. The smallest absolute Gasteiger partial charge is 0.414 e. The lowest BCUT2D eigenvalue weighted by Gasteiger charge is -2.25. The molecule has 0 aromatic carbocycles. The minimum Gasteiger partial charge on any atom is -0.446 e. The maximum atomic E-state index is 12.6. The van der Waals surface area contributed by atoms with Gasteiger partial charge in [0.15, 0.2) is 5.17 Å². The Hall–Kier alpha value is -1.80. The lowest BCUT2D eigenvalue weighted by Crippen LogP contribution is -2.34. The third-order valence-corrected chi connectivity index (χ3v) is 5.05. The molecule has 2 N–H and O–H groups in total. The summed E-state index contributed by atoms with van der Waals surface area (Å²) in [6.07, 6.45) is 8.34. The van der Waals surface area contributed by atoms with E-state index in [1.54, 1.807) is 11.1 Å². The molecule has 0 aromatic heterocycles. The monoisotopic (exact) mass is 394 g/mol. The van der Waals surface area contributed by atoms with E-state index in [2.05, 4.69) is 4.99 Å². The zero-order valence-corrected chi connectivity index (χ0v) is 17.2. The molecular formula is C19H30N4O3S. The number of hydrogen-bond donors (Lipinski definition) is 1. The standard InChI is InChI=1S/C19H30N4O3S/c1-4-6-10-21-18(20)27-14(3)22-16-7-11-23(17(16)5-2)19(24)26-15-8-12-25-13-9-15/h5-6,10,14-15H,4,7-9,11-13H2,1-3H3,(H2,20,21)/b10-6+,17-5+,22-16-. The SMILES string of the molecule is C/C=C1\C(=N/C(C)S/C(N)=N\C=C\CC)CCN1C(=O)OC1CCOCC1. The molecule has 7 nitrogen and oxygen atoms in total. The molecule has 1 amide bonds. The van der Waals surface area contributed by atoms with E-state index in [1.807, 2.05) is 32.9 Å². The van der Waals surface area contributed by atoms with Gasteiger partial charge in [-0.3, -0.25) is 9.89 Å². The molecule has 0 bridgehead atoms. The first kappa shape index (κ1) is 21.5. The Labute approximate surface area is 165 Å². The van der Waals surface area contributed by atoms with Crippen LogP contribution in [0.15, 0.2) is 34.0 Å². The van der Waals surface area contributed by atoms with Crippen LogP contribution < -0.4 is 5.73 Å². The van der Waals surface area contributed by atoms with Crippen LogP contribution >= 0.6 is 11.8 Å². The number of nitrogens with two attached hydrogens (primary N) is 1. The van der Waals surface area contributed by atoms with Crippen LogP contribution in [0.1, 0.15) is 46.5 Å². The van der Waals surface area contributed by atoms with Crippen molar-refractivity contribution in [1.82, 2.24) is 4.90 Å². The Morgan fingerprint density at radius 2 is 2.22 bits per heavy atom. The molecule has 2 heterocycles. The fourth-order valence-corrected chi connectivity index (χ4v) is 3.60. The van der Waals surface area contributed by atoms with Gasteiger partial charge < -0.3 is 15.2 Å². The number of aliphatic imine (C=N–C) groups is 2. The molecule has 1 unspecified atom stereocenters. The quantitative estimate of drug-likeness (QED) is 0.568. The first-order chi connectivity index (χ1) is 13.0. The summed E-state index contributed by atoms with van der Waals surface area (Å²) in [6, 6.07) is 0. The van der Waals surface area contributed by atoms with Gasteiger partial charge in [-0.25, -0.2) is 9.79 Å². The number of likely N-dealkylation sites (tertiary alicyclic amines) is 1. The molecule has 27 heavy (non-hydrogen) atoms. The van der Waals surface area contributed by atoms with Crippen molar-refractivity contribution in [2.45, 2.75) is 57.9 Å². The van der Waals surface area contributed by atoms with Crippen molar-refractivity contribution in [3.63, 3.8) is 0 Å². The minimum absolute atomic E-state index is 0.0630. The summed E-state index contributed by atoms with van der Waals surface area (Å²) in [6.45, 7) is 7.80. The second-order valence-electron chi connectivity index (χ2n) is 6.32. The molecule has 2 aliphatic heterocycles.